The first-order valence-electron chi connectivity index (χ1n) is 10.3. The molecule has 8 aromatic rings. The predicted molar refractivity (Wildman–Crippen MR) is 136 cm³/mol. The van der Waals surface area contributed by atoms with Crippen molar-refractivity contribution in [2.24, 2.45) is 0 Å². The minimum atomic E-state index is 1.03. The summed E-state index contributed by atoms with van der Waals surface area (Å²) in [6.07, 6.45) is 4.05. The first-order valence-corrected chi connectivity index (χ1v) is 12.0. The molecule has 0 amide bonds. The normalized spacial score (nSPS) is 12.5. The van der Waals surface area contributed by atoms with Gasteiger partial charge in [0.15, 0.2) is 0 Å². The Kier molecular flexibility index (Phi) is 2.94. The maximum Gasteiger partial charge on any atom is 0.145 e. The van der Waals surface area contributed by atoms with Crippen molar-refractivity contribution in [3.8, 4) is 0 Å². The van der Waals surface area contributed by atoms with Crippen LogP contribution in [0.4, 0.5) is 0 Å². The van der Waals surface area contributed by atoms with Crippen LogP contribution < -0.4 is 0 Å². The Bertz CT molecular complexity index is 2000. The van der Waals surface area contributed by atoms with E-state index < -0.39 is 0 Å². The molecule has 144 valence electrons. The van der Waals surface area contributed by atoms with Gasteiger partial charge in [0.1, 0.15) is 5.65 Å². The lowest BCUT2D eigenvalue weighted by molar-refractivity contribution is 1.28. The van der Waals surface area contributed by atoms with Gasteiger partial charge < -0.3 is 0 Å². The summed E-state index contributed by atoms with van der Waals surface area (Å²) in [5.41, 5.74) is 2.30. The molecule has 0 unspecified atom stereocenters. The number of hydrogen-bond acceptors (Lipinski definition) is 3. The summed E-state index contributed by atoms with van der Waals surface area (Å²) in [5.74, 6) is 0. The fraction of sp³-hybridized carbons (Fsp3) is 0. The van der Waals surface area contributed by atoms with Gasteiger partial charge >= 0.3 is 0 Å². The molecule has 31 heavy (non-hydrogen) atoms. The van der Waals surface area contributed by atoms with Gasteiger partial charge in [-0.3, -0.25) is 4.40 Å². The van der Waals surface area contributed by atoms with Crippen LogP contribution in [0.2, 0.25) is 0 Å². The molecule has 0 saturated heterocycles. The highest BCUT2D eigenvalue weighted by molar-refractivity contribution is 7.30. The number of fused-ring (bicyclic) bond motifs is 15. The van der Waals surface area contributed by atoms with E-state index in [-0.39, 0.29) is 0 Å². The summed E-state index contributed by atoms with van der Waals surface area (Å²) in [6.45, 7) is 0. The molecular weight excluding hydrogens is 416 g/mol. The minimum Gasteiger partial charge on any atom is -0.298 e. The van der Waals surface area contributed by atoms with Crippen molar-refractivity contribution in [2.45, 2.75) is 0 Å². The molecule has 2 nitrogen and oxygen atoms in total. The van der Waals surface area contributed by atoms with Gasteiger partial charge in [-0.1, -0.05) is 60.7 Å². The van der Waals surface area contributed by atoms with Gasteiger partial charge in [0.2, 0.25) is 0 Å². The summed E-state index contributed by atoms with van der Waals surface area (Å²) >= 11 is 3.82. The second-order valence-electron chi connectivity index (χ2n) is 7.99. The Labute approximate surface area is 184 Å². The Balaban J connectivity index is 1.88. The van der Waals surface area contributed by atoms with E-state index in [4.69, 9.17) is 4.98 Å². The van der Waals surface area contributed by atoms with E-state index in [1.165, 1.54) is 62.0 Å². The van der Waals surface area contributed by atoms with Gasteiger partial charge in [0.25, 0.3) is 0 Å². The van der Waals surface area contributed by atoms with Gasteiger partial charge in [-0.25, -0.2) is 4.98 Å². The number of imidazole rings is 1. The summed E-state index contributed by atoms with van der Waals surface area (Å²) < 4.78 is 7.73. The van der Waals surface area contributed by atoms with E-state index in [9.17, 15) is 0 Å². The molecule has 8 rings (SSSR count). The molecule has 0 fully saturated rings. The van der Waals surface area contributed by atoms with Crippen molar-refractivity contribution in [1.82, 2.24) is 9.38 Å². The monoisotopic (exact) mass is 430 g/mol. The van der Waals surface area contributed by atoms with E-state index in [0.29, 0.717) is 0 Å². The zero-order chi connectivity index (χ0) is 20.1. The van der Waals surface area contributed by atoms with Crippen LogP contribution in [-0.4, -0.2) is 9.38 Å². The largest absolute Gasteiger partial charge is 0.298 e. The molecule has 4 heteroatoms. The standard InChI is InChI=1S/C27H14N2S2/c1-2-8-16-15(7-1)21-22-17-9-3-5-11-19(17)30-25(22)23-18-10-4-6-12-20(18)31-26(23)24(21)29-14-13-28-27(16)29/h1-14H. The Hall–Kier alpha value is -3.47. The molecule has 0 bridgehead atoms. The van der Waals surface area contributed by atoms with E-state index in [0.717, 1.165) is 5.65 Å². The number of nitrogens with zero attached hydrogens (tertiary/aromatic N) is 2. The molecule has 0 aliphatic rings. The lowest BCUT2D eigenvalue weighted by Gasteiger charge is -2.11. The number of benzene rings is 4. The molecule has 4 aromatic heterocycles. The summed E-state index contributed by atoms with van der Waals surface area (Å²) in [6, 6.07) is 26.4. The fourth-order valence-corrected chi connectivity index (χ4v) is 7.81. The van der Waals surface area contributed by atoms with Crippen molar-refractivity contribution < 1.29 is 0 Å². The summed E-state index contributed by atoms with van der Waals surface area (Å²) in [7, 11) is 0. The maximum absolute atomic E-state index is 4.76. The molecule has 0 atom stereocenters. The first kappa shape index (κ1) is 16.3. The van der Waals surface area contributed by atoms with Crippen LogP contribution in [0.3, 0.4) is 0 Å². The predicted octanol–water partition coefficient (Wildman–Crippen LogP) is 8.38. The quantitative estimate of drug-likeness (QED) is 0.221. The third-order valence-electron chi connectivity index (χ3n) is 6.44. The Morgan fingerprint density at radius 2 is 1.19 bits per heavy atom. The molecule has 0 radical (unpaired) electrons. The molecule has 4 heterocycles. The third-order valence-corrected chi connectivity index (χ3v) is 8.80. The number of thiophene rings is 2. The lowest BCUT2D eigenvalue weighted by Crippen LogP contribution is -1.91. The summed E-state index contributed by atoms with van der Waals surface area (Å²) in [5, 5.41) is 9.28. The van der Waals surface area contributed by atoms with Gasteiger partial charge in [0, 0.05) is 58.8 Å². The van der Waals surface area contributed by atoms with E-state index in [1.54, 1.807) is 0 Å². The third kappa shape index (κ3) is 1.91. The minimum absolute atomic E-state index is 1.03. The average Bonchev–Trinajstić information content (AvgIpc) is 3.53. The SMILES string of the molecule is c1ccc2c(c1)sc1c2c2sc3ccccc3c2c2c3ccccc3c3nccn3c12. The second kappa shape index (κ2) is 5.61. The highest BCUT2D eigenvalue weighted by atomic mass is 32.1. The molecular formula is C27H14N2S2. The van der Waals surface area contributed by atoms with Crippen LogP contribution in [0.25, 0.3) is 67.7 Å². The van der Waals surface area contributed by atoms with Gasteiger partial charge in [0.05, 0.1) is 10.2 Å². The highest BCUT2D eigenvalue weighted by Gasteiger charge is 2.22. The molecule has 0 N–H and O–H groups in total. The molecule has 4 aromatic carbocycles. The number of hydrogen-bond donors (Lipinski definition) is 0. The number of pyridine rings is 1. The van der Waals surface area contributed by atoms with Crippen LogP contribution in [0, 0.1) is 0 Å². The van der Waals surface area contributed by atoms with E-state index in [1.807, 2.05) is 28.9 Å². The second-order valence-corrected chi connectivity index (χ2v) is 10.1. The van der Waals surface area contributed by atoms with Gasteiger partial charge in [-0.05, 0) is 17.5 Å². The maximum atomic E-state index is 4.76. The zero-order valence-corrected chi connectivity index (χ0v) is 17.9. The average molecular weight is 431 g/mol. The van der Waals surface area contributed by atoms with Crippen molar-refractivity contribution in [3.05, 3.63) is 85.2 Å². The fourth-order valence-electron chi connectivity index (χ4n) is 5.21. The Morgan fingerprint density at radius 1 is 0.581 bits per heavy atom. The van der Waals surface area contributed by atoms with Crippen molar-refractivity contribution in [2.75, 3.05) is 0 Å². The lowest BCUT2D eigenvalue weighted by atomic mass is 9.98. The van der Waals surface area contributed by atoms with Crippen LogP contribution in [0.1, 0.15) is 0 Å². The number of rotatable bonds is 0. The van der Waals surface area contributed by atoms with Gasteiger partial charge in [-0.15, -0.1) is 22.7 Å². The van der Waals surface area contributed by atoms with Crippen molar-refractivity contribution in [3.63, 3.8) is 0 Å². The molecule has 0 aliphatic heterocycles. The number of aromatic nitrogens is 2. The van der Waals surface area contributed by atoms with Crippen LogP contribution in [0.15, 0.2) is 85.2 Å². The topological polar surface area (TPSA) is 17.3 Å². The zero-order valence-electron chi connectivity index (χ0n) is 16.3. The van der Waals surface area contributed by atoms with E-state index >= 15 is 0 Å². The van der Waals surface area contributed by atoms with Crippen molar-refractivity contribution >= 4 is 90.3 Å². The molecule has 0 saturated carbocycles. The molecule has 0 aliphatic carbocycles. The van der Waals surface area contributed by atoms with E-state index in [2.05, 4.69) is 83.4 Å². The highest BCUT2D eigenvalue weighted by Crippen LogP contribution is 2.50. The van der Waals surface area contributed by atoms with Crippen LogP contribution >= 0.6 is 22.7 Å². The first-order chi connectivity index (χ1) is 15.4. The smallest absolute Gasteiger partial charge is 0.145 e. The van der Waals surface area contributed by atoms with Gasteiger partial charge in [-0.2, -0.15) is 0 Å². The Morgan fingerprint density at radius 3 is 1.97 bits per heavy atom. The van der Waals surface area contributed by atoms with Crippen molar-refractivity contribution in [1.29, 1.82) is 0 Å². The van der Waals surface area contributed by atoms with Crippen LogP contribution in [-0.2, 0) is 0 Å². The molecule has 0 spiro atoms. The summed E-state index contributed by atoms with van der Waals surface area (Å²) in [4.78, 5) is 4.76. The van der Waals surface area contributed by atoms with Crippen LogP contribution in [0.5, 0.6) is 0 Å².